The molecule has 0 radical (unpaired) electrons. The molecule has 2 aromatic heterocycles. The zero-order chi connectivity index (χ0) is 12.4. The van der Waals surface area contributed by atoms with Crippen LogP contribution in [0.4, 0.5) is 0 Å². The molecule has 0 spiro atoms. The summed E-state index contributed by atoms with van der Waals surface area (Å²) in [5.74, 6) is -0.438. The zero-order valence-electron chi connectivity index (χ0n) is 9.06. The number of H-pyrrole nitrogens is 1. The first-order chi connectivity index (χ1) is 8.09. The fourth-order valence-electron chi connectivity index (χ4n) is 1.45. The van der Waals surface area contributed by atoms with Gasteiger partial charge in [0.15, 0.2) is 0 Å². The van der Waals surface area contributed by atoms with Gasteiger partial charge in [-0.15, -0.1) is 11.3 Å². The first-order valence-corrected chi connectivity index (χ1v) is 5.81. The first kappa shape index (κ1) is 11.6. The smallest absolute Gasteiger partial charge is 0.328 e. The van der Waals surface area contributed by atoms with Gasteiger partial charge in [0.2, 0.25) is 0 Å². The van der Waals surface area contributed by atoms with Gasteiger partial charge in [-0.2, -0.15) is 0 Å². The summed E-state index contributed by atoms with van der Waals surface area (Å²) in [4.78, 5) is 36.7. The average molecular weight is 254 g/mol. The van der Waals surface area contributed by atoms with E-state index in [0.29, 0.717) is 10.2 Å². The van der Waals surface area contributed by atoms with Crippen molar-refractivity contribution in [1.29, 1.82) is 0 Å². The average Bonchev–Trinajstić information content (AvgIpc) is 2.70. The molecule has 7 heteroatoms. The van der Waals surface area contributed by atoms with Gasteiger partial charge in [0.25, 0.3) is 5.56 Å². The van der Waals surface area contributed by atoms with E-state index in [2.05, 4.69) is 4.98 Å². The van der Waals surface area contributed by atoms with Crippen LogP contribution in [-0.2, 0) is 16.1 Å². The predicted molar refractivity (Wildman–Crippen MR) is 63.3 cm³/mol. The number of ether oxygens (including phenoxy) is 1. The van der Waals surface area contributed by atoms with Gasteiger partial charge in [-0.3, -0.25) is 14.2 Å². The molecule has 0 amide bonds. The van der Waals surface area contributed by atoms with Crippen LogP contribution in [-0.4, -0.2) is 22.1 Å². The van der Waals surface area contributed by atoms with Crippen LogP contribution in [0.1, 0.15) is 6.92 Å². The fraction of sp³-hybridized carbons (Fsp3) is 0.300. The van der Waals surface area contributed by atoms with Crippen molar-refractivity contribution in [3.05, 3.63) is 32.3 Å². The monoisotopic (exact) mass is 254 g/mol. The Morgan fingerprint density at radius 1 is 1.53 bits per heavy atom. The van der Waals surface area contributed by atoms with E-state index in [0.717, 1.165) is 4.57 Å². The zero-order valence-corrected chi connectivity index (χ0v) is 9.87. The number of rotatable bonds is 3. The molecule has 0 aromatic carbocycles. The summed E-state index contributed by atoms with van der Waals surface area (Å²) in [6, 6.07) is 1.68. The van der Waals surface area contributed by atoms with Crippen LogP contribution in [0.3, 0.4) is 0 Å². The van der Waals surface area contributed by atoms with Gasteiger partial charge in [0, 0.05) is 6.92 Å². The highest BCUT2D eigenvalue weighted by atomic mass is 32.1. The number of carbonyl (C=O) groups is 1. The van der Waals surface area contributed by atoms with Gasteiger partial charge >= 0.3 is 11.7 Å². The summed E-state index contributed by atoms with van der Waals surface area (Å²) in [7, 11) is 0. The van der Waals surface area contributed by atoms with E-state index >= 15 is 0 Å². The molecule has 17 heavy (non-hydrogen) atoms. The molecule has 0 saturated carbocycles. The van der Waals surface area contributed by atoms with Crippen molar-refractivity contribution in [2.24, 2.45) is 0 Å². The molecule has 2 heterocycles. The highest BCUT2D eigenvalue weighted by Gasteiger charge is 2.08. The number of nitrogens with zero attached hydrogens (tertiary/aromatic N) is 1. The van der Waals surface area contributed by atoms with Crippen LogP contribution in [0.15, 0.2) is 21.0 Å². The molecule has 0 bridgehead atoms. The van der Waals surface area contributed by atoms with E-state index < -0.39 is 11.7 Å². The van der Waals surface area contributed by atoms with E-state index in [1.165, 1.54) is 18.3 Å². The lowest BCUT2D eigenvalue weighted by molar-refractivity contribution is -0.141. The highest BCUT2D eigenvalue weighted by Crippen LogP contribution is 2.11. The van der Waals surface area contributed by atoms with Gasteiger partial charge in [0.1, 0.15) is 11.3 Å². The van der Waals surface area contributed by atoms with Crippen molar-refractivity contribution in [3.63, 3.8) is 0 Å². The van der Waals surface area contributed by atoms with E-state index in [9.17, 15) is 14.4 Å². The molecule has 0 aliphatic carbocycles. The topological polar surface area (TPSA) is 81.2 Å². The van der Waals surface area contributed by atoms with E-state index in [-0.39, 0.29) is 18.7 Å². The second-order valence-electron chi connectivity index (χ2n) is 3.39. The van der Waals surface area contributed by atoms with Gasteiger partial charge in [-0.05, 0) is 11.4 Å². The van der Waals surface area contributed by atoms with Crippen LogP contribution < -0.4 is 11.2 Å². The van der Waals surface area contributed by atoms with Gasteiger partial charge in [-0.1, -0.05) is 0 Å². The number of aromatic nitrogens is 2. The lowest BCUT2D eigenvalue weighted by atomic mass is 10.4. The lowest BCUT2D eigenvalue weighted by Gasteiger charge is -2.04. The highest BCUT2D eigenvalue weighted by molar-refractivity contribution is 7.17. The van der Waals surface area contributed by atoms with Crippen molar-refractivity contribution >= 4 is 27.5 Å². The number of aromatic amines is 1. The molecular formula is C10H10N2O4S. The minimum absolute atomic E-state index is 0.00913. The first-order valence-electron chi connectivity index (χ1n) is 4.93. The molecule has 90 valence electrons. The maximum Gasteiger partial charge on any atom is 0.328 e. The fourth-order valence-corrected chi connectivity index (χ4v) is 2.25. The Balaban J connectivity index is 2.36. The quantitative estimate of drug-likeness (QED) is 0.799. The second-order valence-corrected chi connectivity index (χ2v) is 4.31. The van der Waals surface area contributed by atoms with Crippen LogP contribution in [0.5, 0.6) is 0 Å². The molecule has 0 aliphatic rings. The van der Waals surface area contributed by atoms with Gasteiger partial charge in [0.05, 0.1) is 12.1 Å². The summed E-state index contributed by atoms with van der Waals surface area (Å²) in [6.07, 6.45) is 0. The lowest BCUT2D eigenvalue weighted by Crippen LogP contribution is -2.35. The minimum atomic E-state index is -0.493. The molecule has 0 unspecified atom stereocenters. The molecule has 0 atom stereocenters. The Bertz CT molecular complexity index is 667. The van der Waals surface area contributed by atoms with E-state index in [4.69, 9.17) is 4.74 Å². The molecular weight excluding hydrogens is 244 g/mol. The van der Waals surface area contributed by atoms with Crippen molar-refractivity contribution in [2.75, 3.05) is 6.61 Å². The third-order valence-corrected chi connectivity index (χ3v) is 3.11. The number of nitrogens with one attached hydrogen (secondary N) is 1. The largest absolute Gasteiger partial charge is 0.464 e. The second kappa shape index (κ2) is 4.54. The van der Waals surface area contributed by atoms with E-state index in [1.54, 1.807) is 11.4 Å². The Labute approximate surface area is 99.5 Å². The van der Waals surface area contributed by atoms with Crippen LogP contribution in [0.25, 0.3) is 10.2 Å². The summed E-state index contributed by atoms with van der Waals surface area (Å²) in [5.41, 5.74) is -0.312. The summed E-state index contributed by atoms with van der Waals surface area (Å²) in [6.45, 7) is 1.34. The van der Waals surface area contributed by atoms with Crippen molar-refractivity contribution in [2.45, 2.75) is 13.5 Å². The minimum Gasteiger partial charge on any atom is -0.464 e. The maximum absolute atomic E-state index is 11.9. The normalized spacial score (nSPS) is 10.6. The van der Waals surface area contributed by atoms with Crippen LogP contribution in [0, 0.1) is 0 Å². The molecule has 0 saturated heterocycles. The third kappa shape index (κ3) is 2.28. The van der Waals surface area contributed by atoms with Crippen LogP contribution in [0.2, 0.25) is 0 Å². The number of carbonyl (C=O) groups excluding carboxylic acids is 1. The molecule has 0 fully saturated rings. The molecule has 0 aliphatic heterocycles. The van der Waals surface area contributed by atoms with Crippen molar-refractivity contribution < 1.29 is 9.53 Å². The maximum atomic E-state index is 11.9. The van der Waals surface area contributed by atoms with Crippen LogP contribution >= 0.6 is 11.3 Å². The number of hydrogen-bond donors (Lipinski definition) is 1. The van der Waals surface area contributed by atoms with Gasteiger partial charge in [-0.25, -0.2) is 4.79 Å². The van der Waals surface area contributed by atoms with E-state index in [1.807, 2.05) is 0 Å². The summed E-state index contributed by atoms with van der Waals surface area (Å²) >= 11 is 1.27. The Hall–Kier alpha value is -1.89. The Morgan fingerprint density at radius 2 is 2.29 bits per heavy atom. The van der Waals surface area contributed by atoms with Crippen molar-refractivity contribution in [3.8, 4) is 0 Å². The predicted octanol–water partition coefficient (Wildman–Crippen LogP) is 0.314. The number of fused-ring (bicyclic) bond motifs is 1. The summed E-state index contributed by atoms with van der Waals surface area (Å²) < 4.78 is 6.22. The standard InChI is InChI=1S/C10H10N2O4S/c1-6(13)16-4-3-12-9(14)8-7(2-5-17-8)11-10(12)15/h2,5H,3-4H2,1H3,(H,11,15). The molecule has 6 nitrogen and oxygen atoms in total. The Morgan fingerprint density at radius 3 is 3.00 bits per heavy atom. The Kier molecular flexibility index (Phi) is 3.10. The van der Waals surface area contributed by atoms with Crippen molar-refractivity contribution in [1.82, 2.24) is 9.55 Å². The number of hydrogen-bond acceptors (Lipinski definition) is 5. The third-order valence-electron chi connectivity index (χ3n) is 2.21. The van der Waals surface area contributed by atoms with Gasteiger partial charge < -0.3 is 9.72 Å². The number of esters is 1. The SMILES string of the molecule is CC(=O)OCCn1c(=O)[nH]c2ccsc2c1=O. The molecule has 2 aromatic rings. The molecule has 2 rings (SSSR count). The molecule has 1 N–H and O–H groups in total. The summed E-state index contributed by atoms with van der Waals surface area (Å²) in [5, 5.41) is 1.73. The number of thiophene rings is 1.